The summed E-state index contributed by atoms with van der Waals surface area (Å²) in [7, 11) is 0. The van der Waals surface area contributed by atoms with Gasteiger partial charge in [-0.1, -0.05) is 31.4 Å². The van der Waals surface area contributed by atoms with Crippen molar-refractivity contribution >= 4 is 22.8 Å². The molecular weight excluding hydrogens is 338 g/mol. The van der Waals surface area contributed by atoms with Crippen molar-refractivity contribution in [2.75, 3.05) is 5.32 Å². The number of aromatic amines is 1. The Balaban J connectivity index is 1.92. The summed E-state index contributed by atoms with van der Waals surface area (Å²) in [4.78, 5) is 28.9. The standard InChI is InChI=1S/C21H27N5O/c1-6-7-8-9-16-14(4)22-21(25-19(16)27)26-20-23-15(5)17-11-12(2)10-13(3)18(17)24-20/h10-11H,6-9H2,1-5H3,(H2,22,23,24,25,26,27). The Hall–Kier alpha value is -2.76. The van der Waals surface area contributed by atoms with Crippen LogP contribution in [0.4, 0.5) is 11.9 Å². The van der Waals surface area contributed by atoms with Crippen LogP contribution < -0.4 is 10.9 Å². The van der Waals surface area contributed by atoms with Gasteiger partial charge in [-0.2, -0.15) is 0 Å². The summed E-state index contributed by atoms with van der Waals surface area (Å²) in [5.74, 6) is 0.813. The van der Waals surface area contributed by atoms with Gasteiger partial charge in [0.1, 0.15) is 0 Å². The van der Waals surface area contributed by atoms with Crippen molar-refractivity contribution in [3.63, 3.8) is 0 Å². The Labute approximate surface area is 159 Å². The summed E-state index contributed by atoms with van der Waals surface area (Å²) < 4.78 is 0. The van der Waals surface area contributed by atoms with E-state index in [9.17, 15) is 4.79 Å². The zero-order chi connectivity index (χ0) is 19.6. The molecule has 0 aliphatic rings. The summed E-state index contributed by atoms with van der Waals surface area (Å²) in [6.45, 7) is 10.1. The van der Waals surface area contributed by atoms with Crippen molar-refractivity contribution in [2.45, 2.75) is 60.3 Å². The molecular formula is C21H27N5O. The van der Waals surface area contributed by atoms with E-state index in [1.54, 1.807) is 0 Å². The van der Waals surface area contributed by atoms with Crippen molar-refractivity contribution < 1.29 is 0 Å². The van der Waals surface area contributed by atoms with E-state index in [1.807, 2.05) is 20.8 Å². The van der Waals surface area contributed by atoms with E-state index >= 15 is 0 Å². The van der Waals surface area contributed by atoms with Crippen molar-refractivity contribution in [3.05, 3.63) is 50.6 Å². The fourth-order valence-electron chi connectivity index (χ4n) is 3.41. The highest BCUT2D eigenvalue weighted by molar-refractivity contribution is 5.85. The molecule has 2 heterocycles. The Kier molecular flexibility index (Phi) is 5.54. The van der Waals surface area contributed by atoms with Crippen LogP contribution in [0.5, 0.6) is 0 Å². The van der Waals surface area contributed by atoms with Crippen LogP contribution in [-0.2, 0) is 6.42 Å². The third kappa shape index (κ3) is 4.15. The molecule has 0 bridgehead atoms. The molecule has 0 amide bonds. The highest BCUT2D eigenvalue weighted by Crippen LogP contribution is 2.23. The van der Waals surface area contributed by atoms with Crippen LogP contribution in [0.15, 0.2) is 16.9 Å². The number of aromatic nitrogens is 4. The first-order valence-electron chi connectivity index (χ1n) is 9.51. The Bertz CT molecular complexity index is 1040. The summed E-state index contributed by atoms with van der Waals surface area (Å²) in [5.41, 5.74) is 5.51. The first-order valence-corrected chi connectivity index (χ1v) is 9.51. The van der Waals surface area contributed by atoms with Crippen LogP contribution in [0.2, 0.25) is 0 Å². The number of nitrogens with one attached hydrogen (secondary N) is 2. The van der Waals surface area contributed by atoms with Gasteiger partial charge >= 0.3 is 0 Å². The average molecular weight is 365 g/mol. The SMILES string of the molecule is CCCCCc1c(C)nc(Nc2nc(C)c3cc(C)cc(C)c3n2)[nH]c1=O. The molecule has 0 aliphatic heterocycles. The largest absolute Gasteiger partial charge is 0.294 e. The zero-order valence-electron chi connectivity index (χ0n) is 16.7. The van der Waals surface area contributed by atoms with Crippen molar-refractivity contribution in [1.82, 2.24) is 19.9 Å². The van der Waals surface area contributed by atoms with Crippen LogP contribution in [-0.4, -0.2) is 19.9 Å². The molecule has 6 nitrogen and oxygen atoms in total. The van der Waals surface area contributed by atoms with Gasteiger partial charge in [0.05, 0.1) is 11.2 Å². The minimum atomic E-state index is -0.0922. The zero-order valence-corrected chi connectivity index (χ0v) is 16.7. The van der Waals surface area contributed by atoms with E-state index in [2.05, 4.69) is 51.2 Å². The van der Waals surface area contributed by atoms with Crippen molar-refractivity contribution in [2.24, 2.45) is 0 Å². The van der Waals surface area contributed by atoms with E-state index in [0.29, 0.717) is 11.9 Å². The molecule has 0 fully saturated rings. The number of fused-ring (bicyclic) bond motifs is 1. The van der Waals surface area contributed by atoms with E-state index in [-0.39, 0.29) is 5.56 Å². The Morgan fingerprint density at radius 1 is 1.00 bits per heavy atom. The lowest BCUT2D eigenvalue weighted by atomic mass is 10.1. The Morgan fingerprint density at radius 2 is 1.78 bits per heavy atom. The molecule has 0 aliphatic carbocycles. The van der Waals surface area contributed by atoms with Gasteiger partial charge in [0.25, 0.3) is 5.56 Å². The van der Waals surface area contributed by atoms with Gasteiger partial charge in [-0.25, -0.2) is 15.0 Å². The van der Waals surface area contributed by atoms with Crippen LogP contribution in [0.25, 0.3) is 10.9 Å². The van der Waals surface area contributed by atoms with Gasteiger partial charge in [-0.3, -0.25) is 15.1 Å². The quantitative estimate of drug-likeness (QED) is 0.632. The van der Waals surface area contributed by atoms with Gasteiger partial charge < -0.3 is 0 Å². The highest BCUT2D eigenvalue weighted by atomic mass is 16.1. The lowest BCUT2D eigenvalue weighted by molar-refractivity contribution is 0.707. The number of aryl methyl sites for hydroxylation is 4. The molecule has 3 aromatic rings. The van der Waals surface area contributed by atoms with Crippen LogP contribution in [0.1, 0.15) is 54.3 Å². The maximum Gasteiger partial charge on any atom is 0.255 e. The minimum absolute atomic E-state index is 0.0922. The van der Waals surface area contributed by atoms with Crippen LogP contribution >= 0.6 is 0 Å². The number of unbranched alkanes of at least 4 members (excludes halogenated alkanes) is 2. The van der Waals surface area contributed by atoms with Gasteiger partial charge in [0.15, 0.2) is 0 Å². The molecule has 1 aromatic carbocycles. The molecule has 27 heavy (non-hydrogen) atoms. The summed E-state index contributed by atoms with van der Waals surface area (Å²) in [6, 6.07) is 4.20. The van der Waals surface area contributed by atoms with E-state index < -0.39 is 0 Å². The van der Waals surface area contributed by atoms with Crippen LogP contribution in [0.3, 0.4) is 0 Å². The number of nitrogens with zero attached hydrogens (tertiary/aromatic N) is 3. The second kappa shape index (κ2) is 7.86. The number of rotatable bonds is 6. The highest BCUT2D eigenvalue weighted by Gasteiger charge is 2.11. The molecule has 0 spiro atoms. The molecule has 0 radical (unpaired) electrons. The molecule has 0 saturated heterocycles. The third-order valence-corrected chi connectivity index (χ3v) is 4.81. The Morgan fingerprint density at radius 3 is 2.48 bits per heavy atom. The molecule has 6 heteroatoms. The van der Waals surface area contributed by atoms with Gasteiger partial charge in [0, 0.05) is 16.6 Å². The summed E-state index contributed by atoms with van der Waals surface area (Å²) in [6.07, 6.45) is 4.00. The number of hydrogen-bond donors (Lipinski definition) is 2. The molecule has 0 atom stereocenters. The maximum atomic E-state index is 12.4. The fourth-order valence-corrected chi connectivity index (χ4v) is 3.41. The lowest BCUT2D eigenvalue weighted by Crippen LogP contribution is -2.19. The van der Waals surface area contributed by atoms with E-state index in [1.165, 1.54) is 5.56 Å². The monoisotopic (exact) mass is 365 g/mol. The minimum Gasteiger partial charge on any atom is -0.294 e. The number of hydrogen-bond acceptors (Lipinski definition) is 5. The predicted molar refractivity (Wildman–Crippen MR) is 110 cm³/mol. The van der Waals surface area contributed by atoms with Crippen LogP contribution in [0, 0.1) is 27.7 Å². The van der Waals surface area contributed by atoms with Gasteiger partial charge in [-0.05, 0) is 52.2 Å². The van der Waals surface area contributed by atoms with Gasteiger partial charge in [0.2, 0.25) is 11.9 Å². The molecule has 2 N–H and O–H groups in total. The number of benzene rings is 1. The molecule has 0 saturated carbocycles. The smallest absolute Gasteiger partial charge is 0.255 e. The van der Waals surface area contributed by atoms with E-state index in [0.717, 1.165) is 59.1 Å². The second-order valence-corrected chi connectivity index (χ2v) is 7.17. The fraction of sp³-hybridized carbons (Fsp3) is 0.429. The third-order valence-electron chi connectivity index (χ3n) is 4.81. The maximum absolute atomic E-state index is 12.4. The predicted octanol–water partition coefficient (Wildman–Crippen LogP) is 4.42. The lowest BCUT2D eigenvalue weighted by Gasteiger charge is -2.11. The molecule has 0 unspecified atom stereocenters. The second-order valence-electron chi connectivity index (χ2n) is 7.17. The normalized spacial score (nSPS) is 11.1. The topological polar surface area (TPSA) is 83.6 Å². The number of H-pyrrole nitrogens is 1. The first kappa shape index (κ1) is 19.0. The van der Waals surface area contributed by atoms with Crippen molar-refractivity contribution in [3.8, 4) is 0 Å². The summed E-state index contributed by atoms with van der Waals surface area (Å²) >= 11 is 0. The molecule has 2 aromatic heterocycles. The molecule has 3 rings (SSSR count). The van der Waals surface area contributed by atoms with E-state index in [4.69, 9.17) is 0 Å². The summed E-state index contributed by atoms with van der Waals surface area (Å²) in [5, 5.41) is 4.11. The van der Waals surface area contributed by atoms with Crippen molar-refractivity contribution in [1.29, 1.82) is 0 Å². The van der Waals surface area contributed by atoms with Gasteiger partial charge in [-0.15, -0.1) is 0 Å². The average Bonchev–Trinajstić information content (AvgIpc) is 2.58. The first-order chi connectivity index (χ1) is 12.9. The molecule has 142 valence electrons. The number of anilines is 2.